The number of rotatable bonds is 6. The molecule has 1 atom stereocenters. The zero-order valence-corrected chi connectivity index (χ0v) is 14.0. The number of thiazole rings is 1. The number of carbonyl (C=O) groups is 1. The highest BCUT2D eigenvalue weighted by molar-refractivity contribution is 7.15. The predicted molar refractivity (Wildman–Crippen MR) is 91.2 cm³/mol. The standard InChI is InChI=1S/C16H22N4OS/c1-12(10-20(3)11-14-7-5-4-6-8-14)18-15(21)19-16-17-9-13(2)22-16/h4-9,12H,10-11H2,1-3H3,(H2,17,18,19,21)/t12-/m0/s1. The lowest BCUT2D eigenvalue weighted by Crippen LogP contribution is -2.42. The summed E-state index contributed by atoms with van der Waals surface area (Å²) in [6.45, 7) is 5.59. The minimum absolute atomic E-state index is 0.0507. The number of aryl methyl sites for hydroxylation is 1. The van der Waals surface area contributed by atoms with Gasteiger partial charge in [0.05, 0.1) is 0 Å². The van der Waals surface area contributed by atoms with Gasteiger partial charge in [-0.25, -0.2) is 9.78 Å². The van der Waals surface area contributed by atoms with E-state index in [1.165, 1.54) is 16.9 Å². The normalized spacial score (nSPS) is 12.2. The average molecular weight is 318 g/mol. The van der Waals surface area contributed by atoms with Gasteiger partial charge in [-0.3, -0.25) is 5.32 Å². The Kier molecular flexibility index (Phi) is 5.91. The van der Waals surface area contributed by atoms with Crippen molar-refractivity contribution in [2.75, 3.05) is 18.9 Å². The summed E-state index contributed by atoms with van der Waals surface area (Å²) >= 11 is 1.47. The van der Waals surface area contributed by atoms with Gasteiger partial charge in [-0.2, -0.15) is 0 Å². The molecule has 0 fully saturated rings. The summed E-state index contributed by atoms with van der Waals surface area (Å²) in [7, 11) is 2.05. The number of benzene rings is 1. The van der Waals surface area contributed by atoms with E-state index < -0.39 is 0 Å². The first kappa shape index (κ1) is 16.5. The van der Waals surface area contributed by atoms with E-state index in [-0.39, 0.29) is 12.1 Å². The topological polar surface area (TPSA) is 57.3 Å². The Morgan fingerprint density at radius 3 is 2.73 bits per heavy atom. The molecule has 2 rings (SSSR count). The van der Waals surface area contributed by atoms with Gasteiger partial charge in [0.25, 0.3) is 0 Å². The zero-order valence-electron chi connectivity index (χ0n) is 13.2. The van der Waals surface area contributed by atoms with E-state index in [1.807, 2.05) is 39.1 Å². The van der Waals surface area contributed by atoms with Gasteiger partial charge < -0.3 is 10.2 Å². The first-order chi connectivity index (χ1) is 10.5. The molecule has 1 aromatic carbocycles. The van der Waals surface area contributed by atoms with Crippen LogP contribution in [0.5, 0.6) is 0 Å². The predicted octanol–water partition coefficient (Wildman–Crippen LogP) is 3.09. The Morgan fingerprint density at radius 1 is 1.36 bits per heavy atom. The third-order valence-electron chi connectivity index (χ3n) is 3.10. The highest BCUT2D eigenvalue weighted by Gasteiger charge is 2.11. The molecule has 1 aromatic heterocycles. The molecule has 0 radical (unpaired) electrons. The molecule has 0 aliphatic heterocycles. The number of hydrogen-bond acceptors (Lipinski definition) is 4. The van der Waals surface area contributed by atoms with Crippen LogP contribution in [0, 0.1) is 6.92 Å². The van der Waals surface area contributed by atoms with Crippen molar-refractivity contribution in [2.24, 2.45) is 0 Å². The van der Waals surface area contributed by atoms with E-state index >= 15 is 0 Å². The molecule has 2 N–H and O–H groups in total. The molecular weight excluding hydrogens is 296 g/mol. The van der Waals surface area contributed by atoms with Crippen molar-refractivity contribution in [3.05, 3.63) is 47.0 Å². The van der Waals surface area contributed by atoms with Crippen molar-refractivity contribution < 1.29 is 4.79 Å². The number of nitrogens with one attached hydrogen (secondary N) is 2. The second-order valence-electron chi connectivity index (χ2n) is 5.46. The van der Waals surface area contributed by atoms with Crippen LogP contribution in [-0.2, 0) is 6.54 Å². The van der Waals surface area contributed by atoms with Crippen molar-refractivity contribution in [1.82, 2.24) is 15.2 Å². The van der Waals surface area contributed by atoms with E-state index in [1.54, 1.807) is 6.20 Å². The zero-order chi connectivity index (χ0) is 15.9. The summed E-state index contributed by atoms with van der Waals surface area (Å²) in [5.41, 5.74) is 1.26. The van der Waals surface area contributed by atoms with Gasteiger partial charge in [-0.15, -0.1) is 11.3 Å². The van der Waals surface area contributed by atoms with Crippen LogP contribution in [-0.4, -0.2) is 35.5 Å². The summed E-state index contributed by atoms with van der Waals surface area (Å²) in [5.74, 6) is 0. The molecule has 0 aliphatic rings. The van der Waals surface area contributed by atoms with E-state index in [0.29, 0.717) is 5.13 Å². The van der Waals surface area contributed by atoms with Crippen LogP contribution in [0.15, 0.2) is 36.5 Å². The van der Waals surface area contributed by atoms with E-state index in [2.05, 4.69) is 32.7 Å². The first-order valence-corrected chi connectivity index (χ1v) is 8.07. The fraction of sp³-hybridized carbons (Fsp3) is 0.375. The third kappa shape index (κ3) is 5.46. The second-order valence-corrected chi connectivity index (χ2v) is 6.69. The molecule has 0 saturated heterocycles. The Hall–Kier alpha value is -1.92. The highest BCUT2D eigenvalue weighted by atomic mass is 32.1. The molecule has 0 spiro atoms. The van der Waals surface area contributed by atoms with E-state index in [4.69, 9.17) is 0 Å². The summed E-state index contributed by atoms with van der Waals surface area (Å²) in [6.07, 6.45) is 1.75. The molecule has 5 nitrogen and oxygen atoms in total. The Bertz CT molecular complexity index is 599. The maximum absolute atomic E-state index is 11.9. The van der Waals surface area contributed by atoms with Crippen LogP contribution in [0.1, 0.15) is 17.4 Å². The number of anilines is 1. The third-order valence-corrected chi connectivity index (χ3v) is 3.93. The van der Waals surface area contributed by atoms with Crippen LogP contribution < -0.4 is 10.6 Å². The number of nitrogens with zero attached hydrogens (tertiary/aromatic N) is 2. The smallest absolute Gasteiger partial charge is 0.321 e. The molecule has 2 aromatic rings. The molecule has 118 valence electrons. The van der Waals surface area contributed by atoms with Gasteiger partial charge in [0.1, 0.15) is 0 Å². The minimum atomic E-state index is -0.213. The maximum Gasteiger partial charge on any atom is 0.321 e. The second kappa shape index (κ2) is 7.91. The summed E-state index contributed by atoms with van der Waals surface area (Å²) in [5, 5.41) is 6.31. The minimum Gasteiger partial charge on any atom is -0.334 e. The van der Waals surface area contributed by atoms with Crippen LogP contribution in [0.3, 0.4) is 0 Å². The lowest BCUT2D eigenvalue weighted by Gasteiger charge is -2.22. The number of aromatic nitrogens is 1. The number of carbonyl (C=O) groups excluding carboxylic acids is 1. The van der Waals surface area contributed by atoms with Gasteiger partial charge in [0, 0.05) is 30.2 Å². The van der Waals surface area contributed by atoms with Crippen LogP contribution in [0.2, 0.25) is 0 Å². The number of likely N-dealkylation sites (N-methyl/N-ethyl adjacent to an activating group) is 1. The first-order valence-electron chi connectivity index (χ1n) is 7.25. The van der Waals surface area contributed by atoms with Crippen molar-refractivity contribution >= 4 is 22.5 Å². The van der Waals surface area contributed by atoms with Crippen LogP contribution >= 0.6 is 11.3 Å². The average Bonchev–Trinajstić information content (AvgIpc) is 2.84. The molecule has 0 aliphatic carbocycles. The Morgan fingerprint density at radius 2 is 2.09 bits per heavy atom. The lowest BCUT2D eigenvalue weighted by molar-refractivity contribution is 0.241. The van der Waals surface area contributed by atoms with E-state index in [9.17, 15) is 4.79 Å². The van der Waals surface area contributed by atoms with Crippen molar-refractivity contribution in [1.29, 1.82) is 0 Å². The number of amides is 2. The van der Waals surface area contributed by atoms with Gasteiger partial charge in [0.2, 0.25) is 0 Å². The summed E-state index contributed by atoms with van der Waals surface area (Å²) in [4.78, 5) is 19.3. The molecule has 22 heavy (non-hydrogen) atoms. The molecular formula is C16H22N4OS. The van der Waals surface area contributed by atoms with E-state index in [0.717, 1.165) is 18.0 Å². The SMILES string of the molecule is Cc1cnc(NC(=O)N[C@@H](C)CN(C)Cc2ccccc2)s1. The van der Waals surface area contributed by atoms with Gasteiger partial charge >= 0.3 is 6.03 Å². The Labute approximate surface area is 135 Å². The van der Waals surface area contributed by atoms with Crippen molar-refractivity contribution in [3.8, 4) is 0 Å². The number of urea groups is 1. The quantitative estimate of drug-likeness (QED) is 0.860. The van der Waals surface area contributed by atoms with Gasteiger partial charge in [-0.05, 0) is 26.5 Å². The molecule has 1 heterocycles. The van der Waals surface area contributed by atoms with Crippen molar-refractivity contribution in [2.45, 2.75) is 26.4 Å². The lowest BCUT2D eigenvalue weighted by atomic mass is 10.2. The maximum atomic E-state index is 11.9. The highest BCUT2D eigenvalue weighted by Crippen LogP contribution is 2.16. The fourth-order valence-electron chi connectivity index (χ4n) is 2.24. The fourth-order valence-corrected chi connectivity index (χ4v) is 2.90. The van der Waals surface area contributed by atoms with Crippen LogP contribution in [0.25, 0.3) is 0 Å². The monoisotopic (exact) mass is 318 g/mol. The van der Waals surface area contributed by atoms with Gasteiger partial charge in [0.15, 0.2) is 5.13 Å². The molecule has 6 heteroatoms. The van der Waals surface area contributed by atoms with Crippen molar-refractivity contribution in [3.63, 3.8) is 0 Å². The van der Waals surface area contributed by atoms with Crippen LogP contribution in [0.4, 0.5) is 9.93 Å². The number of hydrogen-bond donors (Lipinski definition) is 2. The molecule has 0 bridgehead atoms. The molecule has 0 unspecified atom stereocenters. The van der Waals surface area contributed by atoms with Gasteiger partial charge in [-0.1, -0.05) is 30.3 Å². The Balaban J connectivity index is 1.74. The summed E-state index contributed by atoms with van der Waals surface area (Å²) < 4.78 is 0. The molecule has 0 saturated carbocycles. The largest absolute Gasteiger partial charge is 0.334 e. The molecule has 2 amide bonds. The summed E-state index contributed by atoms with van der Waals surface area (Å²) in [6, 6.07) is 10.1.